The lowest BCUT2D eigenvalue weighted by atomic mass is 9.51. The Balaban J connectivity index is 1.33. The first-order valence-corrected chi connectivity index (χ1v) is 21.3. The number of rotatable bonds is 4. The summed E-state index contributed by atoms with van der Waals surface area (Å²) >= 11 is 0. The highest BCUT2D eigenvalue weighted by Gasteiger charge is 2.52. The van der Waals surface area contributed by atoms with Crippen molar-refractivity contribution in [1.29, 1.82) is 5.26 Å². The van der Waals surface area contributed by atoms with Crippen molar-refractivity contribution in [2.24, 2.45) is 0 Å². The first-order valence-electron chi connectivity index (χ1n) is 21.3. The SMILES string of the molecule is [C-]#[N+]c1c(C#N)c(-n2c3ccc(-c4ccccc4)cc3c3c(C)cc(C)cc32)c2c(c1-n1c3ccc(-c4ccccc4)cc3c3c(C)cc(C)cc31)C1(C)CCC2(C)CC1. The van der Waals surface area contributed by atoms with Crippen LogP contribution in [-0.2, 0) is 10.8 Å². The first-order chi connectivity index (χ1) is 29.0. The van der Waals surface area contributed by atoms with Crippen molar-refractivity contribution in [3.05, 3.63) is 172 Å². The van der Waals surface area contributed by atoms with E-state index in [0.717, 1.165) is 81.0 Å². The van der Waals surface area contributed by atoms with Crippen molar-refractivity contribution in [2.75, 3.05) is 0 Å². The van der Waals surface area contributed by atoms with Crippen molar-refractivity contribution in [3.63, 3.8) is 0 Å². The van der Waals surface area contributed by atoms with Crippen LogP contribution in [0.5, 0.6) is 0 Å². The van der Waals surface area contributed by atoms with Gasteiger partial charge in [0.05, 0.1) is 51.6 Å². The number of benzene rings is 7. The molecule has 4 nitrogen and oxygen atoms in total. The quantitative estimate of drug-likeness (QED) is 0.164. The maximum atomic E-state index is 11.7. The van der Waals surface area contributed by atoms with Crippen LogP contribution in [0.1, 0.15) is 78.5 Å². The molecule has 290 valence electrons. The van der Waals surface area contributed by atoms with Crippen LogP contribution in [0, 0.1) is 45.6 Å². The highest BCUT2D eigenvalue weighted by Crippen LogP contribution is 2.62. The van der Waals surface area contributed by atoms with Crippen LogP contribution in [0.4, 0.5) is 5.69 Å². The number of nitrogens with zero attached hydrogens (tertiary/aromatic N) is 4. The summed E-state index contributed by atoms with van der Waals surface area (Å²) in [5.41, 5.74) is 18.5. The summed E-state index contributed by atoms with van der Waals surface area (Å²) in [4.78, 5) is 4.48. The molecule has 0 N–H and O–H groups in total. The summed E-state index contributed by atoms with van der Waals surface area (Å²) in [6.45, 7) is 22.7. The van der Waals surface area contributed by atoms with E-state index in [1.807, 2.05) is 0 Å². The largest absolute Gasteiger partial charge is 0.319 e. The summed E-state index contributed by atoms with van der Waals surface area (Å²) < 4.78 is 4.77. The van der Waals surface area contributed by atoms with Crippen molar-refractivity contribution in [2.45, 2.75) is 78.1 Å². The van der Waals surface area contributed by atoms with Gasteiger partial charge in [0.25, 0.3) is 0 Å². The minimum Gasteiger partial charge on any atom is -0.319 e. The molecule has 0 unspecified atom stereocenters. The van der Waals surface area contributed by atoms with Crippen LogP contribution in [0.25, 0.3) is 82.1 Å². The first kappa shape index (κ1) is 36.2. The van der Waals surface area contributed by atoms with Crippen LogP contribution >= 0.6 is 0 Å². The number of hydrogen-bond donors (Lipinski definition) is 0. The van der Waals surface area contributed by atoms with Crippen molar-refractivity contribution in [3.8, 4) is 39.7 Å². The molecule has 9 aromatic rings. The molecule has 2 bridgehead atoms. The average Bonchev–Trinajstić information content (AvgIpc) is 3.75. The fourth-order valence-corrected chi connectivity index (χ4v) is 11.6. The molecule has 0 radical (unpaired) electrons. The molecule has 60 heavy (non-hydrogen) atoms. The number of aromatic nitrogens is 2. The zero-order chi connectivity index (χ0) is 41.2. The molecule has 1 fully saturated rings. The minimum atomic E-state index is -0.194. The second-order valence-corrected chi connectivity index (χ2v) is 18.3. The number of hydrogen-bond acceptors (Lipinski definition) is 1. The van der Waals surface area contributed by atoms with Crippen LogP contribution in [0.15, 0.2) is 121 Å². The molecule has 0 amide bonds. The third-order valence-corrected chi connectivity index (χ3v) is 14.4. The smallest absolute Gasteiger partial charge is 0.230 e. The number of fused-ring (bicyclic) bond motifs is 8. The van der Waals surface area contributed by atoms with Gasteiger partial charge in [-0.1, -0.05) is 98.8 Å². The van der Waals surface area contributed by atoms with E-state index in [1.54, 1.807) is 0 Å². The van der Waals surface area contributed by atoms with Gasteiger partial charge in [-0.3, -0.25) is 0 Å². The fourth-order valence-electron chi connectivity index (χ4n) is 11.6. The number of nitriles is 1. The topological polar surface area (TPSA) is 38.0 Å². The summed E-state index contributed by atoms with van der Waals surface area (Å²) in [6.07, 6.45) is 4.13. The van der Waals surface area contributed by atoms with Crippen LogP contribution in [0.2, 0.25) is 0 Å². The lowest BCUT2D eigenvalue weighted by Crippen LogP contribution is -2.46. The molecular formula is C56H46N4. The molecule has 4 heteroatoms. The Kier molecular flexibility index (Phi) is 7.73. The summed E-state index contributed by atoms with van der Waals surface area (Å²) in [7, 11) is 0. The summed E-state index contributed by atoms with van der Waals surface area (Å²) in [6, 6.07) is 46.6. The molecule has 0 aliphatic heterocycles. The molecular weight excluding hydrogens is 729 g/mol. The normalized spacial score (nSPS) is 18.3. The molecule has 3 aliphatic carbocycles. The molecule has 7 aromatic carbocycles. The van der Waals surface area contributed by atoms with Gasteiger partial charge in [0.1, 0.15) is 0 Å². The van der Waals surface area contributed by atoms with Crippen LogP contribution in [-0.4, -0.2) is 9.13 Å². The second-order valence-electron chi connectivity index (χ2n) is 18.3. The third kappa shape index (κ3) is 4.95. The molecule has 2 aromatic heterocycles. The Labute approximate surface area is 351 Å². The van der Waals surface area contributed by atoms with E-state index in [9.17, 15) is 5.26 Å². The summed E-state index contributed by atoms with van der Waals surface area (Å²) in [5.74, 6) is 0. The van der Waals surface area contributed by atoms with E-state index in [0.29, 0.717) is 11.3 Å². The Morgan fingerprint density at radius 1 is 0.533 bits per heavy atom. The van der Waals surface area contributed by atoms with Gasteiger partial charge in [0.2, 0.25) is 5.69 Å². The predicted molar refractivity (Wildman–Crippen MR) is 249 cm³/mol. The summed E-state index contributed by atoms with van der Waals surface area (Å²) in [5, 5.41) is 16.4. The molecule has 0 saturated heterocycles. The van der Waals surface area contributed by atoms with Crippen molar-refractivity contribution in [1.82, 2.24) is 9.13 Å². The van der Waals surface area contributed by atoms with Gasteiger partial charge in [0.15, 0.2) is 0 Å². The minimum absolute atomic E-state index is 0.193. The Bertz CT molecular complexity index is 3160. The third-order valence-electron chi connectivity index (χ3n) is 14.4. The van der Waals surface area contributed by atoms with E-state index < -0.39 is 0 Å². The van der Waals surface area contributed by atoms with Crippen molar-refractivity contribution >= 4 is 49.3 Å². The molecule has 1 saturated carbocycles. The molecule has 2 heterocycles. The number of aryl methyl sites for hydroxylation is 4. The van der Waals surface area contributed by atoms with Gasteiger partial charge in [0, 0.05) is 21.5 Å². The fraction of sp³-hybridized carbons (Fsp3) is 0.214. The monoisotopic (exact) mass is 774 g/mol. The van der Waals surface area contributed by atoms with Gasteiger partial charge >= 0.3 is 0 Å². The van der Waals surface area contributed by atoms with Gasteiger partial charge < -0.3 is 9.13 Å². The second kappa shape index (κ2) is 12.8. The van der Waals surface area contributed by atoms with Gasteiger partial charge in [-0.2, -0.15) is 5.26 Å². The predicted octanol–water partition coefficient (Wildman–Crippen LogP) is 15.0. The Hall–Kier alpha value is -6.88. The highest BCUT2D eigenvalue weighted by molar-refractivity contribution is 6.15. The molecule has 3 aliphatic rings. The van der Waals surface area contributed by atoms with Crippen molar-refractivity contribution < 1.29 is 0 Å². The molecule has 12 rings (SSSR count). The van der Waals surface area contributed by atoms with E-state index in [2.05, 4.69) is 183 Å². The lowest BCUT2D eigenvalue weighted by Gasteiger charge is -2.54. The Morgan fingerprint density at radius 2 is 0.967 bits per heavy atom. The molecule has 0 spiro atoms. The average molecular weight is 775 g/mol. The van der Waals surface area contributed by atoms with Gasteiger partial charge in [-0.15, -0.1) is 0 Å². The lowest BCUT2D eigenvalue weighted by molar-refractivity contribution is 0.187. The standard InChI is InChI=1S/C56H46N4/c1-33-26-35(3)48-41-30-39(37-14-10-8-11-15-37)18-20-44(41)59(46(48)28-33)53-43(32-57)52(58-7)54(51-50(53)55(5)22-24-56(51,6)25-23-55)60-45-21-19-40(38-16-12-9-13-17-38)31-42(45)49-36(4)27-34(2)29-47(49)60/h8-21,26-31H,22-25H2,1-6H3. The zero-order valence-electron chi connectivity index (χ0n) is 35.2. The van der Waals surface area contributed by atoms with Gasteiger partial charge in [-0.05, 0) is 156 Å². The van der Waals surface area contributed by atoms with E-state index in [1.165, 1.54) is 55.3 Å². The maximum absolute atomic E-state index is 11.7. The van der Waals surface area contributed by atoms with E-state index >= 15 is 0 Å². The molecule has 0 atom stereocenters. The van der Waals surface area contributed by atoms with Gasteiger partial charge in [-0.25, -0.2) is 4.85 Å². The Morgan fingerprint density at radius 3 is 1.40 bits per heavy atom. The zero-order valence-corrected chi connectivity index (χ0v) is 35.2. The van der Waals surface area contributed by atoms with E-state index in [-0.39, 0.29) is 10.8 Å². The maximum Gasteiger partial charge on any atom is 0.230 e. The van der Waals surface area contributed by atoms with E-state index in [4.69, 9.17) is 6.57 Å². The van der Waals surface area contributed by atoms with Crippen LogP contribution < -0.4 is 0 Å². The highest BCUT2D eigenvalue weighted by atomic mass is 15.0. The van der Waals surface area contributed by atoms with Crippen LogP contribution in [0.3, 0.4) is 0 Å².